The van der Waals surface area contributed by atoms with E-state index in [0.29, 0.717) is 12.4 Å². The standard InChI is InChI=1S/C22H24N4O2/c1-14-7-10-17(15(2)11-14)25-21(27)13-26-19-6-4-3-5-18(19)24-20(26)12-23-22(28)16-8-9-16/h3-7,10-11,16H,8-9,12-13H2,1-2H3,(H,23,28)(H,25,27). The predicted octanol–water partition coefficient (Wildman–Crippen LogP) is 3.32. The van der Waals surface area contributed by atoms with E-state index in [4.69, 9.17) is 0 Å². The van der Waals surface area contributed by atoms with Gasteiger partial charge in [-0.3, -0.25) is 9.59 Å². The first-order chi connectivity index (χ1) is 13.5. The Labute approximate surface area is 164 Å². The van der Waals surface area contributed by atoms with Gasteiger partial charge in [-0.05, 0) is 50.5 Å². The number of anilines is 1. The Bertz CT molecular complexity index is 1050. The number of nitrogens with zero attached hydrogens (tertiary/aromatic N) is 2. The maximum Gasteiger partial charge on any atom is 0.244 e. The lowest BCUT2D eigenvalue weighted by atomic mass is 10.1. The molecule has 0 radical (unpaired) electrons. The Morgan fingerprint density at radius 3 is 2.68 bits per heavy atom. The summed E-state index contributed by atoms with van der Waals surface area (Å²) in [6.07, 6.45) is 1.92. The molecule has 1 saturated carbocycles. The number of amides is 2. The van der Waals surface area contributed by atoms with Crippen LogP contribution in [0.15, 0.2) is 42.5 Å². The van der Waals surface area contributed by atoms with Crippen LogP contribution in [0.5, 0.6) is 0 Å². The summed E-state index contributed by atoms with van der Waals surface area (Å²) >= 11 is 0. The minimum absolute atomic E-state index is 0.0679. The number of hydrogen-bond acceptors (Lipinski definition) is 3. The molecule has 2 aromatic carbocycles. The molecule has 2 N–H and O–H groups in total. The highest BCUT2D eigenvalue weighted by molar-refractivity contribution is 5.92. The molecule has 1 heterocycles. The monoisotopic (exact) mass is 376 g/mol. The van der Waals surface area contributed by atoms with Gasteiger partial charge in [-0.1, -0.05) is 29.8 Å². The van der Waals surface area contributed by atoms with Gasteiger partial charge in [0.05, 0.1) is 17.6 Å². The van der Waals surface area contributed by atoms with Crippen molar-refractivity contribution >= 4 is 28.5 Å². The van der Waals surface area contributed by atoms with Crippen LogP contribution in [-0.2, 0) is 22.7 Å². The molecule has 1 aromatic heterocycles. The zero-order valence-electron chi connectivity index (χ0n) is 16.2. The lowest BCUT2D eigenvalue weighted by Gasteiger charge is -2.12. The second-order valence-corrected chi connectivity index (χ2v) is 7.46. The molecule has 6 nitrogen and oxygen atoms in total. The van der Waals surface area contributed by atoms with Crippen LogP contribution in [0.2, 0.25) is 0 Å². The second-order valence-electron chi connectivity index (χ2n) is 7.46. The molecule has 2 amide bonds. The summed E-state index contributed by atoms with van der Waals surface area (Å²) in [6.45, 7) is 4.47. The Morgan fingerprint density at radius 1 is 1.14 bits per heavy atom. The van der Waals surface area contributed by atoms with E-state index < -0.39 is 0 Å². The normalized spacial score (nSPS) is 13.5. The first-order valence-corrected chi connectivity index (χ1v) is 9.60. The van der Waals surface area contributed by atoms with E-state index in [1.54, 1.807) is 0 Å². The summed E-state index contributed by atoms with van der Waals surface area (Å²) in [7, 11) is 0. The molecule has 1 aliphatic carbocycles. The van der Waals surface area contributed by atoms with Gasteiger partial charge in [0.2, 0.25) is 11.8 Å². The molecule has 0 aliphatic heterocycles. The number of para-hydroxylation sites is 2. The van der Waals surface area contributed by atoms with Gasteiger partial charge >= 0.3 is 0 Å². The van der Waals surface area contributed by atoms with Crippen LogP contribution in [0.25, 0.3) is 11.0 Å². The van der Waals surface area contributed by atoms with Gasteiger partial charge < -0.3 is 15.2 Å². The third-order valence-corrected chi connectivity index (χ3v) is 5.06. The molecule has 0 unspecified atom stereocenters. The molecule has 144 valence electrons. The van der Waals surface area contributed by atoms with Gasteiger partial charge in [-0.2, -0.15) is 0 Å². The van der Waals surface area contributed by atoms with Crippen molar-refractivity contribution in [1.29, 1.82) is 0 Å². The first-order valence-electron chi connectivity index (χ1n) is 9.60. The van der Waals surface area contributed by atoms with Gasteiger partial charge in [0.15, 0.2) is 0 Å². The zero-order valence-corrected chi connectivity index (χ0v) is 16.2. The third kappa shape index (κ3) is 3.91. The van der Waals surface area contributed by atoms with Crippen molar-refractivity contribution in [3.63, 3.8) is 0 Å². The summed E-state index contributed by atoms with van der Waals surface area (Å²) < 4.78 is 1.88. The highest BCUT2D eigenvalue weighted by atomic mass is 16.2. The lowest BCUT2D eigenvalue weighted by molar-refractivity contribution is -0.122. The van der Waals surface area contributed by atoms with E-state index in [2.05, 4.69) is 15.6 Å². The van der Waals surface area contributed by atoms with Crippen LogP contribution in [0.3, 0.4) is 0 Å². The molecule has 4 rings (SSSR count). The van der Waals surface area contributed by atoms with Crippen LogP contribution >= 0.6 is 0 Å². The molecular weight excluding hydrogens is 352 g/mol. The molecular formula is C22H24N4O2. The second kappa shape index (κ2) is 7.46. The fourth-order valence-electron chi connectivity index (χ4n) is 3.38. The molecule has 0 atom stereocenters. The van der Waals surface area contributed by atoms with Crippen LogP contribution in [0.1, 0.15) is 29.8 Å². The molecule has 0 saturated heterocycles. The lowest BCUT2D eigenvalue weighted by Crippen LogP contribution is -2.27. The highest BCUT2D eigenvalue weighted by Gasteiger charge is 2.29. The van der Waals surface area contributed by atoms with Gasteiger partial charge in [0.25, 0.3) is 0 Å². The maximum atomic E-state index is 12.7. The van der Waals surface area contributed by atoms with Crippen molar-refractivity contribution in [1.82, 2.24) is 14.9 Å². The minimum atomic E-state index is -0.120. The number of nitrogens with one attached hydrogen (secondary N) is 2. The van der Waals surface area contributed by atoms with Gasteiger partial charge in [0, 0.05) is 11.6 Å². The van der Waals surface area contributed by atoms with E-state index in [1.807, 2.05) is 60.9 Å². The number of fused-ring (bicyclic) bond motifs is 1. The number of imidazole rings is 1. The molecule has 28 heavy (non-hydrogen) atoms. The van der Waals surface area contributed by atoms with Crippen molar-refractivity contribution in [3.8, 4) is 0 Å². The van der Waals surface area contributed by atoms with Crippen LogP contribution < -0.4 is 10.6 Å². The molecule has 0 spiro atoms. The first kappa shape index (κ1) is 18.2. The molecule has 1 fully saturated rings. The van der Waals surface area contributed by atoms with E-state index in [-0.39, 0.29) is 24.3 Å². The van der Waals surface area contributed by atoms with E-state index in [9.17, 15) is 9.59 Å². The summed E-state index contributed by atoms with van der Waals surface area (Å²) in [5, 5.41) is 5.93. The average Bonchev–Trinajstić information content (AvgIpc) is 3.46. The average molecular weight is 376 g/mol. The van der Waals surface area contributed by atoms with Gasteiger partial charge in [-0.25, -0.2) is 4.98 Å². The van der Waals surface area contributed by atoms with Crippen molar-refractivity contribution in [2.45, 2.75) is 39.8 Å². The number of aromatic nitrogens is 2. The Morgan fingerprint density at radius 2 is 1.93 bits per heavy atom. The molecule has 1 aliphatic rings. The summed E-state index contributed by atoms with van der Waals surface area (Å²) in [4.78, 5) is 29.4. The van der Waals surface area contributed by atoms with Crippen molar-refractivity contribution in [3.05, 3.63) is 59.4 Å². The summed E-state index contributed by atoms with van der Waals surface area (Å²) in [5.41, 5.74) is 4.69. The molecule has 0 bridgehead atoms. The third-order valence-electron chi connectivity index (χ3n) is 5.06. The number of rotatable bonds is 6. The Balaban J connectivity index is 1.54. The maximum absolute atomic E-state index is 12.7. The van der Waals surface area contributed by atoms with E-state index in [1.165, 1.54) is 0 Å². The topological polar surface area (TPSA) is 76.0 Å². The number of hydrogen-bond donors (Lipinski definition) is 2. The highest BCUT2D eigenvalue weighted by Crippen LogP contribution is 2.29. The molecule has 6 heteroatoms. The van der Waals surface area contributed by atoms with Crippen LogP contribution in [0.4, 0.5) is 5.69 Å². The predicted molar refractivity (Wildman–Crippen MR) is 109 cm³/mol. The van der Waals surface area contributed by atoms with Crippen molar-refractivity contribution in [2.75, 3.05) is 5.32 Å². The van der Waals surface area contributed by atoms with Gasteiger partial charge in [-0.15, -0.1) is 0 Å². The van der Waals surface area contributed by atoms with Crippen LogP contribution in [-0.4, -0.2) is 21.4 Å². The fourth-order valence-corrected chi connectivity index (χ4v) is 3.38. The summed E-state index contributed by atoms with van der Waals surface area (Å²) in [5.74, 6) is 0.778. The molecule has 3 aromatic rings. The SMILES string of the molecule is Cc1ccc(NC(=O)Cn2c(CNC(=O)C3CC3)nc3ccccc32)c(C)c1. The number of carbonyl (C=O) groups excluding carboxylic acids is 2. The van der Waals surface area contributed by atoms with E-state index >= 15 is 0 Å². The number of aryl methyl sites for hydroxylation is 2. The number of carbonyl (C=O) groups is 2. The summed E-state index contributed by atoms with van der Waals surface area (Å²) in [6, 6.07) is 13.6. The smallest absolute Gasteiger partial charge is 0.244 e. The van der Waals surface area contributed by atoms with Crippen molar-refractivity contribution < 1.29 is 9.59 Å². The minimum Gasteiger partial charge on any atom is -0.349 e. The number of benzene rings is 2. The Hall–Kier alpha value is -3.15. The Kier molecular flexibility index (Phi) is 4.86. The largest absolute Gasteiger partial charge is 0.349 e. The van der Waals surface area contributed by atoms with Crippen LogP contribution in [0, 0.1) is 19.8 Å². The van der Waals surface area contributed by atoms with Gasteiger partial charge in [0.1, 0.15) is 12.4 Å². The fraction of sp³-hybridized carbons (Fsp3) is 0.318. The zero-order chi connectivity index (χ0) is 19.7. The quantitative estimate of drug-likeness (QED) is 0.693. The van der Waals surface area contributed by atoms with Crippen molar-refractivity contribution in [2.24, 2.45) is 5.92 Å². The van der Waals surface area contributed by atoms with E-state index in [0.717, 1.165) is 40.7 Å².